The summed E-state index contributed by atoms with van der Waals surface area (Å²) in [6, 6.07) is 14.2. The summed E-state index contributed by atoms with van der Waals surface area (Å²) >= 11 is 0. The molecule has 1 heterocycles. The lowest BCUT2D eigenvalue weighted by atomic mass is 10.0. The van der Waals surface area contributed by atoms with Gasteiger partial charge in [-0.05, 0) is 54.7 Å². The van der Waals surface area contributed by atoms with Gasteiger partial charge < -0.3 is 5.32 Å². The number of hydrogen-bond donors (Lipinski definition) is 1. The second-order valence-electron chi connectivity index (χ2n) is 6.47. The van der Waals surface area contributed by atoms with E-state index in [1.54, 1.807) is 34.6 Å². The zero-order valence-electron chi connectivity index (χ0n) is 14.9. The summed E-state index contributed by atoms with van der Waals surface area (Å²) in [6.45, 7) is 3.85. The number of nitrogens with zero attached hydrogens (tertiary/aromatic N) is 1. The quantitative estimate of drug-likeness (QED) is 0.846. The van der Waals surface area contributed by atoms with Gasteiger partial charge in [0, 0.05) is 25.2 Å². The van der Waals surface area contributed by atoms with E-state index in [1.807, 2.05) is 25.1 Å². The van der Waals surface area contributed by atoms with Crippen molar-refractivity contribution in [1.82, 2.24) is 9.62 Å². The molecule has 2 aromatic carbocycles. The Labute approximate surface area is 155 Å². The summed E-state index contributed by atoms with van der Waals surface area (Å²) in [5, 5.41) is 2.86. The average molecular weight is 372 g/mol. The van der Waals surface area contributed by atoms with Crippen molar-refractivity contribution >= 4 is 15.9 Å². The van der Waals surface area contributed by atoms with Gasteiger partial charge in [-0.3, -0.25) is 4.79 Å². The van der Waals surface area contributed by atoms with Crippen molar-refractivity contribution in [1.29, 1.82) is 0 Å². The Kier molecular flexibility index (Phi) is 5.74. The fraction of sp³-hybridized carbons (Fsp3) is 0.350. The Bertz CT molecular complexity index is 870. The van der Waals surface area contributed by atoms with Gasteiger partial charge in [-0.1, -0.05) is 31.2 Å². The maximum Gasteiger partial charge on any atom is 0.251 e. The normalized spacial score (nSPS) is 15.1. The summed E-state index contributed by atoms with van der Waals surface area (Å²) in [4.78, 5) is 12.4. The highest BCUT2D eigenvalue weighted by molar-refractivity contribution is 7.89. The monoisotopic (exact) mass is 372 g/mol. The first-order valence-electron chi connectivity index (χ1n) is 9.01. The van der Waals surface area contributed by atoms with Crippen LogP contribution in [-0.4, -0.2) is 38.3 Å². The predicted octanol–water partition coefficient (Wildman–Crippen LogP) is 3.28. The van der Waals surface area contributed by atoms with E-state index in [2.05, 4.69) is 5.32 Å². The Balaban J connectivity index is 1.81. The van der Waals surface area contributed by atoms with Crippen molar-refractivity contribution in [2.24, 2.45) is 0 Å². The molecule has 138 valence electrons. The molecule has 0 spiro atoms. The lowest BCUT2D eigenvalue weighted by Crippen LogP contribution is -2.27. The highest BCUT2D eigenvalue weighted by Crippen LogP contribution is 2.25. The van der Waals surface area contributed by atoms with Gasteiger partial charge in [0.1, 0.15) is 0 Å². The Hall–Kier alpha value is -2.18. The van der Waals surface area contributed by atoms with Crippen LogP contribution in [-0.2, 0) is 10.0 Å². The fourth-order valence-electron chi connectivity index (χ4n) is 3.08. The van der Waals surface area contributed by atoms with Gasteiger partial charge in [-0.25, -0.2) is 8.42 Å². The molecule has 0 aromatic heterocycles. The molecular weight excluding hydrogens is 348 g/mol. The molecule has 0 atom stereocenters. The van der Waals surface area contributed by atoms with Crippen LogP contribution in [0.3, 0.4) is 0 Å². The van der Waals surface area contributed by atoms with E-state index in [9.17, 15) is 13.2 Å². The van der Waals surface area contributed by atoms with Crippen LogP contribution in [0.2, 0.25) is 0 Å². The van der Waals surface area contributed by atoms with E-state index >= 15 is 0 Å². The molecule has 1 N–H and O–H groups in total. The van der Waals surface area contributed by atoms with E-state index in [1.165, 1.54) is 0 Å². The Morgan fingerprint density at radius 3 is 2.38 bits per heavy atom. The molecule has 1 fully saturated rings. The molecule has 6 heteroatoms. The van der Waals surface area contributed by atoms with Crippen molar-refractivity contribution in [2.75, 3.05) is 19.6 Å². The van der Waals surface area contributed by atoms with Crippen molar-refractivity contribution in [3.63, 3.8) is 0 Å². The number of sulfonamides is 1. The third-order valence-corrected chi connectivity index (χ3v) is 6.46. The first-order chi connectivity index (χ1) is 12.5. The Morgan fingerprint density at radius 1 is 1.04 bits per heavy atom. The molecule has 0 bridgehead atoms. The van der Waals surface area contributed by atoms with Gasteiger partial charge in [0.05, 0.1) is 4.90 Å². The van der Waals surface area contributed by atoms with Gasteiger partial charge in [0.2, 0.25) is 10.0 Å². The minimum absolute atomic E-state index is 0.0954. The van der Waals surface area contributed by atoms with Crippen LogP contribution in [0.25, 0.3) is 11.1 Å². The molecule has 1 amide bonds. The largest absolute Gasteiger partial charge is 0.352 e. The molecule has 1 saturated heterocycles. The van der Waals surface area contributed by atoms with E-state index in [4.69, 9.17) is 0 Å². The molecule has 1 aliphatic rings. The number of hydrogen-bond acceptors (Lipinski definition) is 3. The van der Waals surface area contributed by atoms with Crippen LogP contribution in [0.15, 0.2) is 53.4 Å². The molecule has 3 rings (SSSR count). The molecule has 2 aromatic rings. The van der Waals surface area contributed by atoms with E-state index in [-0.39, 0.29) is 5.91 Å². The van der Waals surface area contributed by atoms with E-state index < -0.39 is 10.0 Å². The third kappa shape index (κ3) is 3.97. The van der Waals surface area contributed by atoms with Crippen LogP contribution in [0.5, 0.6) is 0 Å². The molecule has 0 aliphatic carbocycles. The van der Waals surface area contributed by atoms with Crippen molar-refractivity contribution in [3.05, 3.63) is 54.1 Å². The van der Waals surface area contributed by atoms with Crippen molar-refractivity contribution in [3.8, 4) is 11.1 Å². The fourth-order valence-corrected chi connectivity index (χ4v) is 4.59. The second-order valence-corrected chi connectivity index (χ2v) is 8.41. The van der Waals surface area contributed by atoms with Crippen LogP contribution < -0.4 is 5.32 Å². The standard InChI is InChI=1S/C20H24N2O3S/c1-2-12-21-20(23)18-7-5-6-17(15-18)16-8-10-19(11-9-16)26(24,25)22-13-3-4-14-22/h5-11,15H,2-4,12-14H2,1H3,(H,21,23). The smallest absolute Gasteiger partial charge is 0.251 e. The topological polar surface area (TPSA) is 66.5 Å². The molecule has 0 saturated carbocycles. The van der Waals surface area contributed by atoms with Crippen molar-refractivity contribution in [2.45, 2.75) is 31.1 Å². The first-order valence-corrected chi connectivity index (χ1v) is 10.5. The highest BCUT2D eigenvalue weighted by atomic mass is 32.2. The van der Waals surface area contributed by atoms with Gasteiger partial charge in [-0.15, -0.1) is 0 Å². The zero-order valence-corrected chi connectivity index (χ0v) is 15.8. The molecule has 26 heavy (non-hydrogen) atoms. The summed E-state index contributed by atoms with van der Waals surface area (Å²) in [7, 11) is -3.40. The maximum atomic E-state index is 12.6. The van der Waals surface area contributed by atoms with E-state index in [0.717, 1.165) is 30.4 Å². The highest BCUT2D eigenvalue weighted by Gasteiger charge is 2.26. The van der Waals surface area contributed by atoms with Gasteiger partial charge in [0.25, 0.3) is 5.91 Å². The molecule has 0 radical (unpaired) electrons. The number of carbonyl (C=O) groups is 1. The molecule has 5 nitrogen and oxygen atoms in total. The van der Waals surface area contributed by atoms with Gasteiger partial charge >= 0.3 is 0 Å². The van der Waals surface area contributed by atoms with Crippen LogP contribution in [0.4, 0.5) is 0 Å². The molecular formula is C20H24N2O3S. The lowest BCUT2D eigenvalue weighted by Gasteiger charge is -2.15. The SMILES string of the molecule is CCCNC(=O)c1cccc(-c2ccc(S(=O)(=O)N3CCCC3)cc2)c1. The number of nitrogens with one attached hydrogen (secondary N) is 1. The van der Waals surface area contributed by atoms with Gasteiger partial charge in [-0.2, -0.15) is 4.31 Å². The summed E-state index contributed by atoms with van der Waals surface area (Å²) in [6.07, 6.45) is 2.73. The first kappa shape index (κ1) is 18.6. The molecule has 1 aliphatic heterocycles. The minimum Gasteiger partial charge on any atom is -0.352 e. The summed E-state index contributed by atoms with van der Waals surface area (Å²) in [5.41, 5.74) is 2.37. The third-order valence-electron chi connectivity index (χ3n) is 4.55. The predicted molar refractivity (Wildman–Crippen MR) is 102 cm³/mol. The zero-order chi connectivity index (χ0) is 18.6. The lowest BCUT2D eigenvalue weighted by molar-refractivity contribution is 0.0953. The van der Waals surface area contributed by atoms with E-state index in [0.29, 0.717) is 30.1 Å². The summed E-state index contributed by atoms with van der Waals surface area (Å²) in [5.74, 6) is -0.0954. The average Bonchev–Trinajstić information content (AvgIpc) is 3.22. The van der Waals surface area contributed by atoms with Crippen molar-refractivity contribution < 1.29 is 13.2 Å². The van der Waals surface area contributed by atoms with Crippen LogP contribution in [0.1, 0.15) is 36.5 Å². The maximum absolute atomic E-state index is 12.6. The van der Waals surface area contributed by atoms with Gasteiger partial charge in [0.15, 0.2) is 0 Å². The summed E-state index contributed by atoms with van der Waals surface area (Å²) < 4.78 is 26.7. The molecule has 0 unspecified atom stereocenters. The van der Waals surface area contributed by atoms with Crippen LogP contribution >= 0.6 is 0 Å². The van der Waals surface area contributed by atoms with Crippen LogP contribution in [0, 0.1) is 0 Å². The number of amides is 1. The number of carbonyl (C=O) groups excluding carboxylic acids is 1. The second kappa shape index (κ2) is 8.01. The minimum atomic E-state index is -3.40. The Morgan fingerprint density at radius 2 is 1.73 bits per heavy atom. The number of rotatable bonds is 6. The number of benzene rings is 2.